The average Bonchev–Trinajstić information content (AvgIpc) is 2.80. The first-order chi connectivity index (χ1) is 15.3. The predicted molar refractivity (Wildman–Crippen MR) is 118 cm³/mol. The van der Waals surface area contributed by atoms with E-state index in [0.717, 1.165) is 50.7 Å². The van der Waals surface area contributed by atoms with E-state index in [1.807, 2.05) is 17.0 Å². The van der Waals surface area contributed by atoms with Crippen molar-refractivity contribution in [3.63, 3.8) is 0 Å². The Bertz CT molecular complexity index is 914. The summed E-state index contributed by atoms with van der Waals surface area (Å²) in [4.78, 5) is 6.87. The summed E-state index contributed by atoms with van der Waals surface area (Å²) in [6, 6.07) is 11.6. The van der Waals surface area contributed by atoms with Crippen LogP contribution in [-0.2, 0) is 12.7 Å². The predicted octanol–water partition coefficient (Wildman–Crippen LogP) is 4.21. The maximum absolute atomic E-state index is 13.0. The number of benzene rings is 2. The highest BCUT2D eigenvalue weighted by Crippen LogP contribution is 2.33. The zero-order valence-electron chi connectivity index (χ0n) is 18.3. The van der Waals surface area contributed by atoms with Gasteiger partial charge >= 0.3 is 6.18 Å². The Balaban J connectivity index is 1.34. The third-order valence-electron chi connectivity index (χ3n) is 6.55. The number of methoxy groups -OCH3 is 1. The summed E-state index contributed by atoms with van der Waals surface area (Å²) in [5, 5.41) is 10.4. The van der Waals surface area contributed by atoms with E-state index in [2.05, 4.69) is 9.80 Å². The number of hydrogen-bond donors (Lipinski definition) is 1. The standard InChI is InChI=1S/C24H30F3N3O2/c1-32-22-9-2-5-18(23(22)31)16-28-10-4-8-21(17-28)30-13-11-29(12-14-30)20-7-3-6-19(15-20)24(25,26)27/h2-3,5-7,9,15,21,31H,4,8,10-14,16-17H2,1H3. The molecule has 0 aromatic heterocycles. The molecular weight excluding hydrogens is 419 g/mol. The van der Waals surface area contributed by atoms with Crippen LogP contribution in [0.15, 0.2) is 42.5 Å². The van der Waals surface area contributed by atoms with Crippen molar-refractivity contribution in [3.05, 3.63) is 53.6 Å². The van der Waals surface area contributed by atoms with E-state index in [1.165, 1.54) is 12.1 Å². The van der Waals surface area contributed by atoms with Crippen molar-refractivity contribution in [1.82, 2.24) is 9.80 Å². The highest BCUT2D eigenvalue weighted by Gasteiger charge is 2.32. The quantitative estimate of drug-likeness (QED) is 0.741. The fraction of sp³-hybridized carbons (Fsp3) is 0.500. The zero-order valence-corrected chi connectivity index (χ0v) is 18.3. The number of aromatic hydroxyl groups is 1. The number of anilines is 1. The number of phenolic OH excluding ortho intramolecular Hbond substituents is 1. The molecule has 2 heterocycles. The molecule has 0 radical (unpaired) electrons. The molecule has 2 fully saturated rings. The molecule has 0 spiro atoms. The summed E-state index contributed by atoms with van der Waals surface area (Å²) in [7, 11) is 1.55. The van der Waals surface area contributed by atoms with Crippen molar-refractivity contribution in [2.24, 2.45) is 0 Å². The molecule has 0 amide bonds. The Hall–Kier alpha value is -2.45. The van der Waals surface area contributed by atoms with Gasteiger partial charge in [0.2, 0.25) is 0 Å². The van der Waals surface area contributed by atoms with Gasteiger partial charge in [-0.2, -0.15) is 13.2 Å². The molecule has 2 aliphatic heterocycles. The van der Waals surface area contributed by atoms with E-state index in [9.17, 15) is 18.3 Å². The maximum atomic E-state index is 13.0. The normalized spacial score (nSPS) is 21.0. The topological polar surface area (TPSA) is 39.2 Å². The summed E-state index contributed by atoms with van der Waals surface area (Å²) < 4.78 is 44.4. The minimum Gasteiger partial charge on any atom is -0.504 e. The monoisotopic (exact) mass is 449 g/mol. The molecular formula is C24H30F3N3O2. The highest BCUT2D eigenvalue weighted by atomic mass is 19.4. The van der Waals surface area contributed by atoms with Crippen LogP contribution in [0, 0.1) is 0 Å². The molecule has 0 saturated carbocycles. The van der Waals surface area contributed by atoms with Crippen LogP contribution >= 0.6 is 0 Å². The second-order valence-corrected chi connectivity index (χ2v) is 8.57. The molecule has 0 aliphatic carbocycles. The Labute approximate surface area is 187 Å². The number of piperazine rings is 1. The van der Waals surface area contributed by atoms with Crippen LogP contribution in [0.2, 0.25) is 0 Å². The van der Waals surface area contributed by atoms with Gasteiger partial charge in [0.05, 0.1) is 12.7 Å². The first-order valence-corrected chi connectivity index (χ1v) is 11.1. The lowest BCUT2D eigenvalue weighted by Gasteiger charge is -2.44. The van der Waals surface area contributed by atoms with Gasteiger partial charge in [-0.05, 0) is 43.7 Å². The number of para-hydroxylation sites is 1. The first-order valence-electron chi connectivity index (χ1n) is 11.1. The number of nitrogens with zero attached hydrogens (tertiary/aromatic N) is 3. The van der Waals surface area contributed by atoms with Gasteiger partial charge in [-0.25, -0.2) is 0 Å². The molecule has 32 heavy (non-hydrogen) atoms. The fourth-order valence-electron chi connectivity index (χ4n) is 4.80. The summed E-state index contributed by atoms with van der Waals surface area (Å²) in [5.74, 6) is 0.689. The third-order valence-corrected chi connectivity index (χ3v) is 6.55. The maximum Gasteiger partial charge on any atom is 0.416 e. The molecule has 4 rings (SSSR count). The van der Waals surface area contributed by atoms with Crippen molar-refractivity contribution < 1.29 is 23.0 Å². The zero-order chi connectivity index (χ0) is 22.7. The number of likely N-dealkylation sites (tertiary alicyclic amines) is 1. The molecule has 2 saturated heterocycles. The van der Waals surface area contributed by atoms with Crippen molar-refractivity contribution >= 4 is 5.69 Å². The van der Waals surface area contributed by atoms with E-state index in [1.54, 1.807) is 19.2 Å². The van der Waals surface area contributed by atoms with Gasteiger partial charge in [-0.15, -0.1) is 0 Å². The van der Waals surface area contributed by atoms with Crippen LogP contribution in [0.4, 0.5) is 18.9 Å². The van der Waals surface area contributed by atoms with Crippen molar-refractivity contribution in [1.29, 1.82) is 0 Å². The molecule has 2 aliphatic rings. The Kier molecular flexibility index (Phi) is 6.81. The summed E-state index contributed by atoms with van der Waals surface area (Å²) >= 11 is 0. The number of piperidine rings is 1. The lowest BCUT2D eigenvalue weighted by molar-refractivity contribution is -0.137. The molecule has 2 aromatic rings. The van der Waals surface area contributed by atoms with Crippen molar-refractivity contribution in [2.45, 2.75) is 31.6 Å². The van der Waals surface area contributed by atoms with Crippen LogP contribution in [-0.4, -0.2) is 67.3 Å². The summed E-state index contributed by atoms with van der Waals surface area (Å²) in [5.41, 5.74) is 0.902. The van der Waals surface area contributed by atoms with E-state index < -0.39 is 11.7 Å². The molecule has 174 valence electrons. The minimum atomic E-state index is -4.32. The second kappa shape index (κ2) is 9.58. The minimum absolute atomic E-state index is 0.201. The Morgan fingerprint density at radius 1 is 1.03 bits per heavy atom. The van der Waals surface area contributed by atoms with Gasteiger partial charge in [0.15, 0.2) is 11.5 Å². The van der Waals surface area contributed by atoms with Gasteiger partial charge in [0.25, 0.3) is 0 Å². The molecule has 0 bridgehead atoms. The molecule has 8 heteroatoms. The largest absolute Gasteiger partial charge is 0.504 e. The second-order valence-electron chi connectivity index (χ2n) is 8.57. The van der Waals surface area contributed by atoms with Gasteiger partial charge in [-0.3, -0.25) is 9.80 Å². The van der Waals surface area contributed by atoms with Crippen LogP contribution in [0.5, 0.6) is 11.5 Å². The molecule has 2 aromatic carbocycles. The lowest BCUT2D eigenvalue weighted by atomic mass is 10.0. The molecule has 1 unspecified atom stereocenters. The van der Waals surface area contributed by atoms with Crippen molar-refractivity contribution in [3.8, 4) is 11.5 Å². The van der Waals surface area contributed by atoms with Crippen LogP contribution < -0.4 is 9.64 Å². The third kappa shape index (κ3) is 5.13. The van der Waals surface area contributed by atoms with Gasteiger partial charge in [-0.1, -0.05) is 18.2 Å². The molecule has 5 nitrogen and oxygen atoms in total. The fourth-order valence-corrected chi connectivity index (χ4v) is 4.80. The van der Waals surface area contributed by atoms with E-state index in [0.29, 0.717) is 37.1 Å². The lowest BCUT2D eigenvalue weighted by Crippen LogP contribution is -2.55. The van der Waals surface area contributed by atoms with Crippen LogP contribution in [0.3, 0.4) is 0 Å². The van der Waals surface area contributed by atoms with Crippen LogP contribution in [0.1, 0.15) is 24.0 Å². The summed E-state index contributed by atoms with van der Waals surface area (Å²) in [6.45, 7) is 5.67. The number of rotatable bonds is 5. The Morgan fingerprint density at radius 2 is 1.78 bits per heavy atom. The number of ether oxygens (including phenoxy) is 1. The van der Waals surface area contributed by atoms with Crippen LogP contribution in [0.25, 0.3) is 0 Å². The SMILES string of the molecule is COc1cccc(CN2CCCC(N3CCN(c4cccc(C(F)(F)F)c4)CC3)C2)c1O. The van der Waals surface area contributed by atoms with Crippen molar-refractivity contribution in [2.75, 3.05) is 51.3 Å². The number of phenols is 1. The number of halogens is 3. The number of hydrogen-bond acceptors (Lipinski definition) is 5. The Morgan fingerprint density at radius 3 is 2.50 bits per heavy atom. The van der Waals surface area contributed by atoms with E-state index >= 15 is 0 Å². The highest BCUT2D eigenvalue weighted by molar-refractivity contribution is 5.49. The smallest absolute Gasteiger partial charge is 0.416 e. The average molecular weight is 450 g/mol. The van der Waals surface area contributed by atoms with E-state index in [-0.39, 0.29) is 5.75 Å². The van der Waals surface area contributed by atoms with Gasteiger partial charge in [0, 0.05) is 56.6 Å². The number of alkyl halides is 3. The molecule has 1 N–H and O–H groups in total. The van der Waals surface area contributed by atoms with E-state index in [4.69, 9.17) is 4.74 Å². The van der Waals surface area contributed by atoms with Gasteiger partial charge < -0.3 is 14.7 Å². The first kappa shape index (κ1) is 22.7. The summed E-state index contributed by atoms with van der Waals surface area (Å²) in [6.07, 6.45) is -2.12. The molecule has 1 atom stereocenters. The van der Waals surface area contributed by atoms with Gasteiger partial charge in [0.1, 0.15) is 0 Å².